The topological polar surface area (TPSA) is 50.2 Å². The van der Waals surface area contributed by atoms with Gasteiger partial charge in [0.15, 0.2) is 0 Å². The summed E-state index contributed by atoms with van der Waals surface area (Å²) in [7, 11) is 0. The number of hydrogen-bond donors (Lipinski definition) is 1. The normalized spacial score (nSPS) is 12.1. The fraction of sp³-hybridized carbons (Fsp3) is 0.200. The van der Waals surface area contributed by atoms with Crippen LogP contribution in [0.25, 0.3) is 0 Å². The molecule has 0 aliphatic carbocycles. The number of halogens is 1. The van der Waals surface area contributed by atoms with Crippen LogP contribution in [0, 0.1) is 6.92 Å². The number of rotatable bonds is 4. The quantitative estimate of drug-likeness (QED) is 0.937. The summed E-state index contributed by atoms with van der Waals surface area (Å²) in [5, 5.41) is 9.37. The minimum atomic E-state index is -0.851. The molecule has 0 spiro atoms. The Labute approximate surface area is 120 Å². The third kappa shape index (κ3) is 3.64. The number of aryl methyl sites for hydroxylation is 1. The Morgan fingerprint density at radius 2 is 2.16 bits per heavy atom. The molecule has 0 amide bonds. The van der Waals surface area contributed by atoms with Gasteiger partial charge in [0.05, 0.1) is 5.69 Å². The van der Waals surface area contributed by atoms with Crippen LogP contribution in [0.4, 0.5) is 0 Å². The molecule has 0 aliphatic heterocycles. The third-order valence-corrected chi connectivity index (χ3v) is 3.41. The Hall–Kier alpha value is -1.68. The lowest BCUT2D eigenvalue weighted by Gasteiger charge is -2.12. The second-order valence-corrected chi connectivity index (χ2v) is 5.40. The lowest BCUT2D eigenvalue weighted by atomic mass is 9.95. The van der Waals surface area contributed by atoms with Crippen LogP contribution in [0.5, 0.6) is 0 Å². The fourth-order valence-corrected chi connectivity index (χ4v) is 2.35. The van der Waals surface area contributed by atoms with Gasteiger partial charge in [-0.15, -0.1) is 0 Å². The summed E-state index contributed by atoms with van der Waals surface area (Å²) >= 11 is 3.39. The van der Waals surface area contributed by atoms with Gasteiger partial charge in [-0.2, -0.15) is 0 Å². The zero-order chi connectivity index (χ0) is 13.8. The van der Waals surface area contributed by atoms with Crippen molar-refractivity contribution in [3.63, 3.8) is 0 Å². The van der Waals surface area contributed by atoms with Gasteiger partial charge >= 0.3 is 5.97 Å². The Morgan fingerprint density at radius 3 is 2.74 bits per heavy atom. The Bertz CT molecular complexity index is 581. The van der Waals surface area contributed by atoms with E-state index in [0.29, 0.717) is 12.1 Å². The number of carboxylic acids is 1. The Morgan fingerprint density at radius 1 is 1.37 bits per heavy atom. The van der Waals surface area contributed by atoms with E-state index >= 15 is 0 Å². The summed E-state index contributed by atoms with van der Waals surface area (Å²) in [4.78, 5) is 15.6. The number of aromatic nitrogens is 1. The van der Waals surface area contributed by atoms with E-state index in [4.69, 9.17) is 0 Å². The van der Waals surface area contributed by atoms with Crippen LogP contribution >= 0.6 is 15.9 Å². The van der Waals surface area contributed by atoms with Crippen LogP contribution in [0.1, 0.15) is 22.7 Å². The van der Waals surface area contributed by atoms with Gasteiger partial charge < -0.3 is 5.11 Å². The summed E-state index contributed by atoms with van der Waals surface area (Å²) in [6.07, 6.45) is 2.14. The molecule has 1 atom stereocenters. The summed E-state index contributed by atoms with van der Waals surface area (Å²) in [6, 6.07) is 11.4. The molecular formula is C15H14BrNO2. The lowest BCUT2D eigenvalue weighted by Crippen LogP contribution is -2.15. The molecule has 98 valence electrons. The average Bonchev–Trinajstić information content (AvgIpc) is 2.37. The molecule has 0 saturated carbocycles. The number of carboxylic acid groups (broad SMARTS) is 1. The van der Waals surface area contributed by atoms with Crippen molar-refractivity contribution in [2.45, 2.75) is 19.3 Å². The first-order valence-corrected chi connectivity index (χ1v) is 6.75. The van der Waals surface area contributed by atoms with Crippen LogP contribution in [-0.4, -0.2) is 16.1 Å². The SMILES string of the molecule is Cc1ccc(C(Cc2cccc(Br)c2)C(=O)O)nc1. The molecule has 0 bridgehead atoms. The molecule has 1 unspecified atom stereocenters. The highest BCUT2D eigenvalue weighted by Gasteiger charge is 2.21. The van der Waals surface area contributed by atoms with E-state index < -0.39 is 11.9 Å². The summed E-state index contributed by atoms with van der Waals surface area (Å²) in [5.41, 5.74) is 2.59. The monoisotopic (exact) mass is 319 g/mol. The molecule has 1 N–H and O–H groups in total. The van der Waals surface area contributed by atoms with Crippen LogP contribution < -0.4 is 0 Å². The molecular weight excluding hydrogens is 306 g/mol. The summed E-state index contributed by atoms with van der Waals surface area (Å²) in [6.45, 7) is 1.93. The third-order valence-electron chi connectivity index (χ3n) is 2.92. The predicted molar refractivity (Wildman–Crippen MR) is 77.2 cm³/mol. The summed E-state index contributed by atoms with van der Waals surface area (Å²) in [5.74, 6) is -1.47. The minimum absolute atomic E-state index is 0.435. The Kier molecular flexibility index (Phi) is 4.32. The summed E-state index contributed by atoms with van der Waals surface area (Å²) < 4.78 is 0.950. The molecule has 2 rings (SSSR count). The number of carbonyl (C=O) groups is 1. The lowest BCUT2D eigenvalue weighted by molar-refractivity contribution is -0.138. The first kappa shape index (κ1) is 13.7. The molecule has 4 heteroatoms. The van der Waals surface area contributed by atoms with Crippen LogP contribution in [0.2, 0.25) is 0 Å². The predicted octanol–water partition coefficient (Wildman–Crippen LogP) is 3.56. The van der Waals surface area contributed by atoms with Crippen molar-refractivity contribution < 1.29 is 9.90 Å². The van der Waals surface area contributed by atoms with Crippen molar-refractivity contribution in [2.24, 2.45) is 0 Å². The van der Waals surface area contributed by atoms with E-state index in [1.807, 2.05) is 37.3 Å². The zero-order valence-corrected chi connectivity index (χ0v) is 12.1. The molecule has 0 saturated heterocycles. The van der Waals surface area contributed by atoms with Gasteiger partial charge in [0.2, 0.25) is 0 Å². The average molecular weight is 320 g/mol. The van der Waals surface area contributed by atoms with Gasteiger partial charge in [-0.25, -0.2) is 0 Å². The largest absolute Gasteiger partial charge is 0.481 e. The van der Waals surface area contributed by atoms with Gasteiger partial charge in [0.25, 0.3) is 0 Å². The van der Waals surface area contributed by atoms with E-state index in [1.54, 1.807) is 12.3 Å². The van der Waals surface area contributed by atoms with Crippen molar-refractivity contribution in [1.82, 2.24) is 4.98 Å². The number of pyridine rings is 1. The van der Waals surface area contributed by atoms with Gasteiger partial charge in [0, 0.05) is 10.7 Å². The van der Waals surface area contributed by atoms with Gasteiger partial charge in [-0.1, -0.05) is 34.1 Å². The van der Waals surface area contributed by atoms with Crippen LogP contribution in [0.3, 0.4) is 0 Å². The van der Waals surface area contributed by atoms with E-state index in [0.717, 1.165) is 15.6 Å². The molecule has 1 aromatic carbocycles. The molecule has 0 fully saturated rings. The molecule has 1 heterocycles. The first-order chi connectivity index (χ1) is 9.06. The maximum Gasteiger partial charge on any atom is 0.312 e. The number of nitrogens with zero attached hydrogens (tertiary/aromatic N) is 1. The molecule has 0 aliphatic rings. The van der Waals surface area contributed by atoms with Crippen molar-refractivity contribution in [2.75, 3.05) is 0 Å². The fourth-order valence-electron chi connectivity index (χ4n) is 1.90. The molecule has 0 radical (unpaired) electrons. The van der Waals surface area contributed by atoms with E-state index in [9.17, 15) is 9.90 Å². The van der Waals surface area contributed by atoms with Gasteiger partial charge in [-0.3, -0.25) is 9.78 Å². The first-order valence-electron chi connectivity index (χ1n) is 5.96. The zero-order valence-electron chi connectivity index (χ0n) is 10.5. The van der Waals surface area contributed by atoms with Crippen molar-refractivity contribution in [3.8, 4) is 0 Å². The maximum atomic E-state index is 11.4. The number of hydrogen-bond acceptors (Lipinski definition) is 2. The molecule has 2 aromatic rings. The molecule has 19 heavy (non-hydrogen) atoms. The van der Waals surface area contributed by atoms with Crippen LogP contribution in [0.15, 0.2) is 47.1 Å². The number of benzene rings is 1. The van der Waals surface area contributed by atoms with Crippen LogP contribution in [-0.2, 0) is 11.2 Å². The number of aliphatic carboxylic acids is 1. The highest BCUT2D eigenvalue weighted by molar-refractivity contribution is 9.10. The standard InChI is InChI=1S/C15H14BrNO2/c1-10-5-6-14(17-9-10)13(15(18)19)8-11-3-2-4-12(16)7-11/h2-7,9,13H,8H2,1H3,(H,18,19). The Balaban J connectivity index is 2.26. The van der Waals surface area contributed by atoms with Crippen molar-refractivity contribution in [3.05, 3.63) is 63.9 Å². The molecule has 1 aromatic heterocycles. The smallest absolute Gasteiger partial charge is 0.312 e. The van der Waals surface area contributed by atoms with Gasteiger partial charge in [-0.05, 0) is 42.7 Å². The van der Waals surface area contributed by atoms with Crippen molar-refractivity contribution >= 4 is 21.9 Å². The molecule has 3 nitrogen and oxygen atoms in total. The second kappa shape index (κ2) is 5.97. The maximum absolute atomic E-state index is 11.4. The minimum Gasteiger partial charge on any atom is -0.481 e. The van der Waals surface area contributed by atoms with Gasteiger partial charge in [0.1, 0.15) is 5.92 Å². The van der Waals surface area contributed by atoms with Crippen molar-refractivity contribution in [1.29, 1.82) is 0 Å². The highest BCUT2D eigenvalue weighted by Crippen LogP contribution is 2.22. The van der Waals surface area contributed by atoms with E-state index in [2.05, 4.69) is 20.9 Å². The second-order valence-electron chi connectivity index (χ2n) is 4.49. The van der Waals surface area contributed by atoms with E-state index in [-0.39, 0.29) is 0 Å². The highest BCUT2D eigenvalue weighted by atomic mass is 79.9. The van der Waals surface area contributed by atoms with E-state index in [1.165, 1.54) is 0 Å².